The van der Waals surface area contributed by atoms with Gasteiger partial charge in [-0.05, 0) is 44.0 Å². The molecule has 3 saturated heterocycles. The van der Waals surface area contributed by atoms with Crippen LogP contribution in [0, 0.1) is 5.92 Å². The van der Waals surface area contributed by atoms with E-state index in [0.717, 1.165) is 32.5 Å². The summed E-state index contributed by atoms with van der Waals surface area (Å²) in [5, 5.41) is -0.189. The quantitative estimate of drug-likeness (QED) is 0.813. The molecule has 0 aromatic carbocycles. The van der Waals surface area contributed by atoms with Crippen molar-refractivity contribution in [3.8, 4) is 0 Å². The van der Waals surface area contributed by atoms with Gasteiger partial charge in [-0.1, -0.05) is 0 Å². The summed E-state index contributed by atoms with van der Waals surface area (Å²) in [6, 6.07) is 2.61. The molecule has 0 aliphatic carbocycles. The molecule has 4 rings (SSSR count). The highest BCUT2D eigenvalue weighted by Crippen LogP contribution is 2.28. The molecule has 0 amide bonds. The molecule has 4 heterocycles. The third-order valence-electron chi connectivity index (χ3n) is 3.95. The topological polar surface area (TPSA) is 79.6 Å². The summed E-state index contributed by atoms with van der Waals surface area (Å²) in [6.07, 6.45) is 2.56. The molecule has 0 radical (unpaired) electrons. The normalized spacial score (nSPS) is 30.4. The number of carbonyl (C=O) groups excluding carboxylic acids is 1. The fourth-order valence-corrected chi connectivity index (χ4v) is 4.13. The molecule has 1 aromatic heterocycles. The number of fused-ring (bicyclic) bond motifs is 3. The molecule has 3 aliphatic heterocycles. The second kappa shape index (κ2) is 4.73. The summed E-state index contributed by atoms with van der Waals surface area (Å²) < 4.78 is 32.0. The van der Waals surface area contributed by atoms with E-state index < -0.39 is 10.0 Å². The van der Waals surface area contributed by atoms with E-state index >= 15 is 0 Å². The van der Waals surface area contributed by atoms with Crippen molar-refractivity contribution in [2.75, 3.05) is 19.6 Å². The van der Waals surface area contributed by atoms with E-state index in [9.17, 15) is 13.2 Å². The van der Waals surface area contributed by atoms with Gasteiger partial charge in [-0.3, -0.25) is 4.79 Å². The van der Waals surface area contributed by atoms with Gasteiger partial charge < -0.3 is 9.32 Å². The maximum absolute atomic E-state index is 12.2. The van der Waals surface area contributed by atoms with Gasteiger partial charge in [0.2, 0.25) is 5.09 Å². The van der Waals surface area contributed by atoms with Crippen molar-refractivity contribution < 1.29 is 17.6 Å². The molecule has 1 N–H and O–H groups in total. The zero-order valence-electron chi connectivity index (χ0n) is 10.4. The molecular formula is C12H16N2O4S. The molecule has 19 heavy (non-hydrogen) atoms. The van der Waals surface area contributed by atoms with Gasteiger partial charge in [0.1, 0.15) is 0 Å². The highest BCUT2D eigenvalue weighted by molar-refractivity contribution is 7.89. The highest BCUT2D eigenvalue weighted by Gasteiger charge is 2.37. The molecular weight excluding hydrogens is 268 g/mol. The van der Waals surface area contributed by atoms with Crippen molar-refractivity contribution in [1.82, 2.24) is 9.62 Å². The van der Waals surface area contributed by atoms with Gasteiger partial charge in [0, 0.05) is 12.6 Å². The fraction of sp³-hybridized carbons (Fsp3) is 0.583. The van der Waals surface area contributed by atoms with Crippen molar-refractivity contribution in [2.45, 2.75) is 24.0 Å². The predicted molar refractivity (Wildman–Crippen MR) is 67.4 cm³/mol. The first-order chi connectivity index (χ1) is 9.08. The number of nitrogens with zero attached hydrogens (tertiary/aromatic N) is 1. The molecule has 1 aromatic rings. The molecule has 0 saturated carbocycles. The van der Waals surface area contributed by atoms with Crippen molar-refractivity contribution in [2.24, 2.45) is 5.92 Å². The Bertz CT molecular complexity index is 572. The summed E-state index contributed by atoms with van der Waals surface area (Å²) in [5.41, 5.74) is 0. The molecule has 2 bridgehead atoms. The van der Waals surface area contributed by atoms with E-state index in [1.54, 1.807) is 0 Å². The molecule has 1 unspecified atom stereocenters. The van der Waals surface area contributed by atoms with Crippen LogP contribution in [0.5, 0.6) is 0 Å². The van der Waals surface area contributed by atoms with Gasteiger partial charge in [0.25, 0.3) is 10.0 Å². The zero-order chi connectivity index (χ0) is 13.5. The van der Waals surface area contributed by atoms with Crippen LogP contribution in [0.4, 0.5) is 0 Å². The number of piperidine rings is 3. The number of rotatable bonds is 4. The summed E-state index contributed by atoms with van der Waals surface area (Å²) in [5.74, 6) is 0.426. The van der Waals surface area contributed by atoms with Gasteiger partial charge in [-0.2, -0.15) is 0 Å². The van der Waals surface area contributed by atoms with Crippen LogP contribution >= 0.6 is 0 Å². The lowest BCUT2D eigenvalue weighted by molar-refractivity contribution is 0.0825. The minimum Gasteiger partial charge on any atom is -0.440 e. The Kier molecular flexibility index (Phi) is 3.20. The minimum atomic E-state index is -3.67. The smallest absolute Gasteiger partial charge is 0.274 e. The number of aldehydes is 1. The summed E-state index contributed by atoms with van der Waals surface area (Å²) >= 11 is 0. The van der Waals surface area contributed by atoms with Gasteiger partial charge >= 0.3 is 0 Å². The lowest BCUT2D eigenvalue weighted by Gasteiger charge is -2.44. The van der Waals surface area contributed by atoms with Gasteiger partial charge in [-0.25, -0.2) is 13.1 Å². The monoisotopic (exact) mass is 284 g/mol. The summed E-state index contributed by atoms with van der Waals surface area (Å²) in [7, 11) is -3.67. The molecule has 1 atom stereocenters. The van der Waals surface area contributed by atoms with Crippen LogP contribution in [0.15, 0.2) is 21.6 Å². The van der Waals surface area contributed by atoms with Crippen LogP contribution in [0.25, 0.3) is 0 Å². The summed E-state index contributed by atoms with van der Waals surface area (Å²) in [6.45, 7) is 2.86. The first kappa shape index (κ1) is 12.8. The molecule has 0 spiro atoms. The van der Waals surface area contributed by atoms with Gasteiger partial charge in [0.15, 0.2) is 12.0 Å². The van der Waals surface area contributed by atoms with E-state index in [-0.39, 0.29) is 16.9 Å². The Morgan fingerprint density at radius 1 is 1.32 bits per heavy atom. The second-order valence-electron chi connectivity index (χ2n) is 5.14. The Hall–Kier alpha value is -1.18. The lowest BCUT2D eigenvalue weighted by atomic mass is 9.85. The molecule has 3 fully saturated rings. The van der Waals surface area contributed by atoms with Crippen LogP contribution < -0.4 is 4.72 Å². The van der Waals surface area contributed by atoms with Crippen LogP contribution in [0.1, 0.15) is 23.4 Å². The number of nitrogens with one attached hydrogen (secondary N) is 1. The van der Waals surface area contributed by atoms with Crippen LogP contribution in [0.3, 0.4) is 0 Å². The number of hydrogen-bond acceptors (Lipinski definition) is 5. The Labute approximate surface area is 111 Å². The largest absolute Gasteiger partial charge is 0.440 e. The number of furan rings is 1. The zero-order valence-corrected chi connectivity index (χ0v) is 11.2. The van der Waals surface area contributed by atoms with Gasteiger partial charge in [-0.15, -0.1) is 0 Å². The minimum absolute atomic E-state index is 0.0225. The average molecular weight is 284 g/mol. The van der Waals surface area contributed by atoms with Gasteiger partial charge in [0.05, 0.1) is 0 Å². The standard InChI is InChI=1S/C12H16N2O4S/c15-8-10-1-2-12(18-10)19(16,17)13-11-7-14-5-3-9(11)4-6-14/h1-2,8-9,11,13H,3-7H2. The molecule has 3 aliphatic rings. The Balaban J connectivity index is 1.76. The molecule has 104 valence electrons. The second-order valence-corrected chi connectivity index (χ2v) is 6.79. The van der Waals surface area contributed by atoms with E-state index in [1.807, 2.05) is 0 Å². The van der Waals surface area contributed by atoms with E-state index in [2.05, 4.69) is 9.62 Å². The molecule has 6 nitrogen and oxygen atoms in total. The van der Waals surface area contributed by atoms with E-state index in [0.29, 0.717) is 12.2 Å². The maximum atomic E-state index is 12.2. The first-order valence-corrected chi connectivity index (χ1v) is 7.86. The Morgan fingerprint density at radius 2 is 2.05 bits per heavy atom. The third kappa shape index (κ3) is 2.45. The SMILES string of the molecule is O=Cc1ccc(S(=O)(=O)NC2CN3CCC2CC3)o1. The maximum Gasteiger partial charge on any atom is 0.274 e. The van der Waals surface area contributed by atoms with Crippen LogP contribution in [-0.4, -0.2) is 45.3 Å². The highest BCUT2D eigenvalue weighted by atomic mass is 32.2. The van der Waals surface area contributed by atoms with E-state index in [4.69, 9.17) is 4.42 Å². The number of carbonyl (C=O) groups is 1. The fourth-order valence-electron chi connectivity index (χ4n) is 2.90. The summed E-state index contributed by atoms with van der Waals surface area (Å²) in [4.78, 5) is 12.8. The van der Waals surface area contributed by atoms with Crippen molar-refractivity contribution in [3.63, 3.8) is 0 Å². The lowest BCUT2D eigenvalue weighted by Crippen LogP contribution is -2.57. The van der Waals surface area contributed by atoms with Crippen molar-refractivity contribution in [1.29, 1.82) is 0 Å². The third-order valence-corrected chi connectivity index (χ3v) is 5.31. The Morgan fingerprint density at radius 3 is 2.58 bits per heavy atom. The number of hydrogen-bond donors (Lipinski definition) is 1. The van der Waals surface area contributed by atoms with Crippen LogP contribution in [0.2, 0.25) is 0 Å². The van der Waals surface area contributed by atoms with E-state index in [1.165, 1.54) is 12.1 Å². The molecule has 7 heteroatoms. The number of sulfonamides is 1. The predicted octanol–water partition coefficient (Wildman–Crippen LogP) is 0.465. The van der Waals surface area contributed by atoms with Crippen LogP contribution in [-0.2, 0) is 10.0 Å². The van der Waals surface area contributed by atoms with Crippen molar-refractivity contribution in [3.05, 3.63) is 17.9 Å². The first-order valence-electron chi connectivity index (χ1n) is 6.38. The average Bonchev–Trinajstić information content (AvgIpc) is 2.89. The van der Waals surface area contributed by atoms with Crippen molar-refractivity contribution >= 4 is 16.3 Å².